The van der Waals surface area contributed by atoms with Crippen molar-refractivity contribution in [1.29, 1.82) is 0 Å². The smallest absolute Gasteiger partial charge is 0.246 e. The van der Waals surface area contributed by atoms with Crippen molar-refractivity contribution in [3.05, 3.63) is 83.1 Å². The lowest BCUT2D eigenvalue weighted by molar-refractivity contribution is -0.128. The van der Waals surface area contributed by atoms with E-state index < -0.39 is 24.4 Å². The van der Waals surface area contributed by atoms with Gasteiger partial charge in [-0.2, -0.15) is 0 Å². The third-order valence-electron chi connectivity index (χ3n) is 6.51. The van der Waals surface area contributed by atoms with Crippen LogP contribution in [0.3, 0.4) is 0 Å². The lowest BCUT2D eigenvalue weighted by Gasteiger charge is -2.39. The van der Waals surface area contributed by atoms with Gasteiger partial charge in [0.1, 0.15) is 41.9 Å². The standard InChI is InChI=1S/C27H20ClF3N6O/c1-32-12-17-14-36(10-11-37(17)21(38)6-3-9-29)27-19-13-33-25(24(31)26(19)34-15-35-27)18-5-2-4-16-7-8-20(30)23(28)22(16)18/h2-8,13,15,17H,9-12,14H2/b6-3+/t17-/m0/s1. The number of carbonyl (C=O) groups is 1. The molecule has 0 bridgehead atoms. The van der Waals surface area contributed by atoms with Gasteiger partial charge in [-0.05, 0) is 17.5 Å². The van der Waals surface area contributed by atoms with Gasteiger partial charge in [0.05, 0.1) is 10.4 Å². The number of rotatable bonds is 5. The van der Waals surface area contributed by atoms with Crippen molar-refractivity contribution in [2.75, 3.05) is 37.8 Å². The maximum Gasteiger partial charge on any atom is 0.246 e. The second-order valence-electron chi connectivity index (χ2n) is 8.67. The van der Waals surface area contributed by atoms with E-state index in [-0.39, 0.29) is 41.8 Å². The monoisotopic (exact) mass is 536 g/mol. The van der Waals surface area contributed by atoms with Crippen molar-refractivity contribution in [3.63, 3.8) is 0 Å². The summed E-state index contributed by atoms with van der Waals surface area (Å²) in [5.74, 6) is -1.28. The van der Waals surface area contributed by atoms with E-state index >= 15 is 4.39 Å². The minimum Gasteiger partial charge on any atom is -0.352 e. The third kappa shape index (κ3) is 4.50. The number of hydrogen-bond donors (Lipinski definition) is 0. The van der Waals surface area contributed by atoms with E-state index in [2.05, 4.69) is 19.8 Å². The average Bonchev–Trinajstić information content (AvgIpc) is 2.93. The van der Waals surface area contributed by atoms with Crippen LogP contribution >= 0.6 is 11.6 Å². The van der Waals surface area contributed by atoms with Crippen LogP contribution in [0.2, 0.25) is 5.02 Å². The van der Waals surface area contributed by atoms with E-state index in [1.165, 1.54) is 29.6 Å². The van der Waals surface area contributed by atoms with Crippen LogP contribution in [0.4, 0.5) is 19.0 Å². The lowest BCUT2D eigenvalue weighted by atomic mass is 10.0. The molecule has 5 rings (SSSR count). The molecule has 1 fully saturated rings. The van der Waals surface area contributed by atoms with Crippen LogP contribution in [0.15, 0.2) is 55.0 Å². The molecule has 1 saturated heterocycles. The fourth-order valence-electron chi connectivity index (χ4n) is 4.77. The summed E-state index contributed by atoms with van der Waals surface area (Å²) in [6.45, 7) is 7.49. The Morgan fingerprint density at radius 1 is 1.18 bits per heavy atom. The molecule has 11 heteroatoms. The topological polar surface area (TPSA) is 66.6 Å². The van der Waals surface area contributed by atoms with Crippen LogP contribution in [-0.4, -0.2) is 64.7 Å². The molecule has 1 aliphatic rings. The number of alkyl halides is 1. The summed E-state index contributed by atoms with van der Waals surface area (Å²) in [5, 5.41) is 1.21. The molecule has 1 aliphatic heterocycles. The summed E-state index contributed by atoms with van der Waals surface area (Å²) in [6.07, 6.45) is 5.00. The average molecular weight is 537 g/mol. The van der Waals surface area contributed by atoms with E-state index in [9.17, 15) is 13.6 Å². The fourth-order valence-corrected chi connectivity index (χ4v) is 5.04. The molecule has 0 unspecified atom stereocenters. The largest absolute Gasteiger partial charge is 0.352 e. The van der Waals surface area contributed by atoms with Crippen molar-refractivity contribution in [2.45, 2.75) is 6.04 Å². The summed E-state index contributed by atoms with van der Waals surface area (Å²) in [6, 6.07) is 7.44. The SMILES string of the molecule is [C-]#[N+]C[C@H]1CN(c2ncnc3c(F)c(-c4cccc5ccc(F)c(Cl)c45)ncc23)CCN1C(=O)/C=C/CF. The molecule has 3 heterocycles. The minimum absolute atomic E-state index is 0.0237. The van der Waals surface area contributed by atoms with Crippen LogP contribution in [0.5, 0.6) is 0 Å². The first-order chi connectivity index (χ1) is 18.4. The molecule has 2 aromatic heterocycles. The van der Waals surface area contributed by atoms with E-state index in [1.54, 1.807) is 24.3 Å². The molecule has 1 amide bonds. The Labute approximate surface area is 221 Å². The molecular weight excluding hydrogens is 517 g/mol. The molecule has 0 aliphatic carbocycles. The number of piperazine rings is 1. The summed E-state index contributed by atoms with van der Waals surface area (Å²) < 4.78 is 42.6. The molecule has 4 aromatic rings. The van der Waals surface area contributed by atoms with E-state index in [1.807, 2.05) is 4.90 Å². The lowest BCUT2D eigenvalue weighted by Crippen LogP contribution is -2.56. The van der Waals surface area contributed by atoms with Gasteiger partial charge in [-0.15, -0.1) is 0 Å². The Hall–Kier alpha value is -4.23. The highest BCUT2D eigenvalue weighted by molar-refractivity contribution is 6.36. The van der Waals surface area contributed by atoms with Crippen molar-refractivity contribution >= 4 is 45.0 Å². The molecular formula is C27H20ClF3N6O. The Bertz CT molecular complexity index is 1620. The molecule has 0 saturated carbocycles. The number of hydrogen-bond acceptors (Lipinski definition) is 5. The second kappa shape index (κ2) is 10.6. The van der Waals surface area contributed by atoms with Gasteiger partial charge in [0.2, 0.25) is 12.5 Å². The van der Waals surface area contributed by atoms with Gasteiger partial charge in [0.25, 0.3) is 0 Å². The predicted molar refractivity (Wildman–Crippen MR) is 139 cm³/mol. The maximum atomic E-state index is 15.9. The molecule has 192 valence electrons. The van der Waals surface area contributed by atoms with Crippen molar-refractivity contribution < 1.29 is 18.0 Å². The molecule has 1 atom stereocenters. The number of aromatic nitrogens is 3. The minimum atomic E-state index is -0.757. The van der Waals surface area contributed by atoms with Crippen LogP contribution in [0.1, 0.15) is 0 Å². The van der Waals surface area contributed by atoms with E-state index in [4.69, 9.17) is 18.2 Å². The summed E-state index contributed by atoms with van der Waals surface area (Å²) in [5.41, 5.74) is 0.328. The molecule has 2 aromatic carbocycles. The molecule has 7 nitrogen and oxygen atoms in total. The first kappa shape index (κ1) is 25.4. The Kier molecular flexibility index (Phi) is 7.11. The van der Waals surface area contributed by atoms with Gasteiger partial charge >= 0.3 is 0 Å². The highest BCUT2D eigenvalue weighted by atomic mass is 35.5. The highest BCUT2D eigenvalue weighted by Gasteiger charge is 2.33. The van der Waals surface area contributed by atoms with Crippen LogP contribution in [-0.2, 0) is 4.79 Å². The Morgan fingerprint density at radius 3 is 2.82 bits per heavy atom. The number of fused-ring (bicyclic) bond motifs is 2. The van der Waals surface area contributed by atoms with Crippen molar-refractivity contribution in [1.82, 2.24) is 19.9 Å². The Balaban J connectivity index is 1.54. The number of carbonyl (C=O) groups excluding carboxylic acids is 1. The van der Waals surface area contributed by atoms with Gasteiger partial charge in [0, 0.05) is 42.9 Å². The van der Waals surface area contributed by atoms with E-state index in [0.717, 1.165) is 6.08 Å². The van der Waals surface area contributed by atoms with E-state index in [0.29, 0.717) is 34.1 Å². The first-order valence-electron chi connectivity index (χ1n) is 11.7. The zero-order chi connectivity index (χ0) is 26.8. The fraction of sp³-hybridized carbons (Fsp3) is 0.222. The Morgan fingerprint density at radius 2 is 2.03 bits per heavy atom. The number of amides is 1. The molecule has 38 heavy (non-hydrogen) atoms. The van der Waals surface area contributed by atoms with Crippen molar-refractivity contribution in [3.8, 4) is 11.3 Å². The highest BCUT2D eigenvalue weighted by Crippen LogP contribution is 2.37. The predicted octanol–water partition coefficient (Wildman–Crippen LogP) is 5.24. The number of halogens is 4. The van der Waals surface area contributed by atoms with Crippen LogP contribution in [0.25, 0.3) is 37.8 Å². The number of pyridine rings is 1. The second-order valence-corrected chi connectivity index (χ2v) is 9.05. The van der Waals surface area contributed by atoms with Crippen molar-refractivity contribution in [2.24, 2.45) is 0 Å². The summed E-state index contributed by atoms with van der Waals surface area (Å²) in [4.78, 5) is 32.2. The summed E-state index contributed by atoms with van der Waals surface area (Å²) >= 11 is 6.25. The van der Waals surface area contributed by atoms with Gasteiger partial charge in [-0.1, -0.05) is 35.9 Å². The summed E-state index contributed by atoms with van der Waals surface area (Å²) in [7, 11) is 0. The maximum absolute atomic E-state index is 15.9. The number of anilines is 1. The van der Waals surface area contributed by atoms with Gasteiger partial charge in [-0.25, -0.2) is 29.7 Å². The third-order valence-corrected chi connectivity index (χ3v) is 6.88. The number of nitrogens with zero attached hydrogens (tertiary/aromatic N) is 6. The van der Waals surface area contributed by atoms with Crippen LogP contribution in [0, 0.1) is 18.2 Å². The molecule has 0 N–H and O–H groups in total. The number of benzene rings is 2. The first-order valence-corrected chi connectivity index (χ1v) is 12.1. The molecule has 0 radical (unpaired) electrons. The van der Waals surface area contributed by atoms with Gasteiger partial charge in [0.15, 0.2) is 5.82 Å². The normalized spacial score (nSPS) is 15.9. The van der Waals surface area contributed by atoms with Gasteiger partial charge < -0.3 is 14.6 Å². The number of allylic oxidation sites excluding steroid dienone is 1. The quantitative estimate of drug-likeness (QED) is 0.258. The van der Waals surface area contributed by atoms with Crippen LogP contribution < -0.4 is 4.90 Å². The van der Waals surface area contributed by atoms with Gasteiger partial charge in [-0.3, -0.25) is 9.78 Å². The zero-order valence-electron chi connectivity index (χ0n) is 19.9. The zero-order valence-corrected chi connectivity index (χ0v) is 20.7. The molecule has 0 spiro atoms.